The quantitative estimate of drug-likeness (QED) is 0.875. The van der Waals surface area contributed by atoms with Gasteiger partial charge in [-0.25, -0.2) is 0 Å². The lowest BCUT2D eigenvalue weighted by Crippen LogP contribution is -2.27. The number of benzene rings is 1. The number of hydrogen-bond acceptors (Lipinski definition) is 4. The molecule has 1 aromatic carbocycles. The minimum absolute atomic E-state index is 0.478. The Labute approximate surface area is 133 Å². The van der Waals surface area contributed by atoms with Crippen LogP contribution in [0, 0.1) is 0 Å². The summed E-state index contributed by atoms with van der Waals surface area (Å²) >= 11 is 0. The van der Waals surface area contributed by atoms with Crippen molar-refractivity contribution >= 4 is 0 Å². The van der Waals surface area contributed by atoms with Gasteiger partial charge >= 0.3 is 0 Å². The molecule has 4 nitrogen and oxygen atoms in total. The van der Waals surface area contributed by atoms with Gasteiger partial charge in [0.1, 0.15) is 0 Å². The second kappa shape index (κ2) is 7.84. The van der Waals surface area contributed by atoms with Gasteiger partial charge in [-0.05, 0) is 38.7 Å². The molecule has 3 rings (SSSR count). The lowest BCUT2D eigenvalue weighted by atomic mass is 10.1. The van der Waals surface area contributed by atoms with Crippen molar-refractivity contribution in [3.8, 4) is 11.5 Å². The van der Waals surface area contributed by atoms with E-state index < -0.39 is 0 Å². The molecule has 1 fully saturated rings. The van der Waals surface area contributed by atoms with E-state index in [0.717, 1.165) is 57.1 Å². The first kappa shape index (κ1) is 15.6. The first-order valence-corrected chi connectivity index (χ1v) is 8.55. The third-order valence-corrected chi connectivity index (χ3v) is 4.44. The number of ether oxygens (including phenoxy) is 3. The summed E-state index contributed by atoms with van der Waals surface area (Å²) in [7, 11) is 0. The van der Waals surface area contributed by atoms with Crippen LogP contribution in [0.4, 0.5) is 0 Å². The van der Waals surface area contributed by atoms with Crippen molar-refractivity contribution in [2.45, 2.75) is 57.7 Å². The Morgan fingerprint density at radius 1 is 1.18 bits per heavy atom. The summed E-state index contributed by atoms with van der Waals surface area (Å²) in [6, 6.07) is 6.63. The largest absolute Gasteiger partial charge is 0.490 e. The highest BCUT2D eigenvalue weighted by Crippen LogP contribution is 2.33. The Morgan fingerprint density at radius 2 is 2.09 bits per heavy atom. The molecule has 2 aliphatic rings. The second-order valence-electron chi connectivity index (χ2n) is 6.29. The Balaban J connectivity index is 1.50. The molecule has 0 aliphatic carbocycles. The van der Waals surface area contributed by atoms with Gasteiger partial charge < -0.3 is 19.5 Å². The van der Waals surface area contributed by atoms with Crippen LogP contribution in [0.2, 0.25) is 0 Å². The molecule has 0 unspecified atom stereocenters. The van der Waals surface area contributed by atoms with Crippen molar-refractivity contribution < 1.29 is 14.2 Å². The van der Waals surface area contributed by atoms with Crippen LogP contribution in [-0.2, 0) is 11.3 Å². The molecule has 0 amide bonds. The zero-order valence-electron chi connectivity index (χ0n) is 13.5. The molecule has 1 N–H and O–H groups in total. The lowest BCUT2D eigenvalue weighted by molar-refractivity contribution is 0.100. The van der Waals surface area contributed by atoms with Crippen LogP contribution in [0.3, 0.4) is 0 Å². The molecular weight excluding hydrogens is 278 g/mol. The number of rotatable bonds is 6. The van der Waals surface area contributed by atoms with E-state index >= 15 is 0 Å². The smallest absolute Gasteiger partial charge is 0.165 e. The van der Waals surface area contributed by atoms with E-state index in [0.29, 0.717) is 12.1 Å². The summed E-state index contributed by atoms with van der Waals surface area (Å²) in [6.07, 6.45) is 6.18. The van der Waals surface area contributed by atoms with Crippen molar-refractivity contribution in [3.05, 3.63) is 23.8 Å². The molecule has 0 bridgehead atoms. The number of nitrogens with one attached hydrogen (secondary N) is 1. The van der Waals surface area contributed by atoms with Gasteiger partial charge in [-0.15, -0.1) is 0 Å². The first-order chi connectivity index (χ1) is 10.8. The van der Waals surface area contributed by atoms with Crippen LogP contribution in [-0.4, -0.2) is 32.0 Å². The van der Waals surface area contributed by atoms with Crippen LogP contribution in [0.25, 0.3) is 0 Å². The SMILES string of the molecule is C[C@@H](CC[C@H]1CCCO1)NCc1cccc2c1OCCCO2. The highest BCUT2D eigenvalue weighted by molar-refractivity contribution is 5.47. The summed E-state index contributed by atoms with van der Waals surface area (Å²) < 4.78 is 17.3. The molecule has 0 spiro atoms. The van der Waals surface area contributed by atoms with Crippen LogP contribution < -0.4 is 14.8 Å². The normalized spacial score (nSPS) is 22.3. The number of fused-ring (bicyclic) bond motifs is 1. The molecule has 2 aliphatic heterocycles. The predicted octanol–water partition coefficient (Wildman–Crippen LogP) is 3.29. The molecule has 0 aromatic heterocycles. The molecule has 0 saturated carbocycles. The minimum Gasteiger partial charge on any atom is -0.490 e. The Bertz CT molecular complexity index is 471. The van der Waals surface area contributed by atoms with E-state index in [1.165, 1.54) is 18.4 Å². The molecule has 2 atom stereocenters. The molecule has 1 aromatic rings. The van der Waals surface area contributed by atoms with Gasteiger partial charge in [-0.2, -0.15) is 0 Å². The van der Waals surface area contributed by atoms with Gasteiger partial charge in [0.25, 0.3) is 0 Å². The average Bonchev–Trinajstić information content (AvgIpc) is 2.94. The van der Waals surface area contributed by atoms with Crippen LogP contribution >= 0.6 is 0 Å². The topological polar surface area (TPSA) is 39.7 Å². The summed E-state index contributed by atoms with van der Waals surface area (Å²) in [5.74, 6) is 1.79. The summed E-state index contributed by atoms with van der Waals surface area (Å²) in [4.78, 5) is 0. The van der Waals surface area contributed by atoms with Gasteiger partial charge in [-0.1, -0.05) is 12.1 Å². The van der Waals surface area contributed by atoms with E-state index in [1.54, 1.807) is 0 Å². The Kier molecular flexibility index (Phi) is 5.57. The van der Waals surface area contributed by atoms with Crippen LogP contribution in [0.15, 0.2) is 18.2 Å². The maximum Gasteiger partial charge on any atom is 0.165 e. The van der Waals surface area contributed by atoms with Gasteiger partial charge in [0.05, 0.1) is 19.3 Å². The third kappa shape index (κ3) is 4.14. The highest BCUT2D eigenvalue weighted by Gasteiger charge is 2.17. The maximum atomic E-state index is 5.87. The van der Waals surface area contributed by atoms with Crippen molar-refractivity contribution in [2.24, 2.45) is 0 Å². The first-order valence-electron chi connectivity index (χ1n) is 8.55. The number of para-hydroxylation sites is 1. The maximum absolute atomic E-state index is 5.87. The highest BCUT2D eigenvalue weighted by atomic mass is 16.5. The summed E-state index contributed by atoms with van der Waals surface area (Å²) in [6.45, 7) is 5.48. The standard InChI is InChI=1S/C18H27NO3/c1-14(8-9-16-6-3-10-20-16)19-13-15-5-2-7-17-18(15)22-12-4-11-21-17/h2,5,7,14,16,19H,3-4,6,8-13H2,1H3/t14-,16+/m0/s1. The van der Waals surface area contributed by atoms with Gasteiger partial charge in [0.2, 0.25) is 0 Å². The van der Waals surface area contributed by atoms with E-state index in [2.05, 4.69) is 18.3 Å². The molecular formula is C18H27NO3. The lowest BCUT2D eigenvalue weighted by Gasteiger charge is -2.18. The van der Waals surface area contributed by atoms with Gasteiger partial charge in [0, 0.05) is 31.2 Å². The van der Waals surface area contributed by atoms with Gasteiger partial charge in [-0.3, -0.25) is 0 Å². The monoisotopic (exact) mass is 305 g/mol. The fourth-order valence-electron chi connectivity index (χ4n) is 3.09. The molecule has 22 heavy (non-hydrogen) atoms. The molecule has 2 heterocycles. The Hall–Kier alpha value is -1.26. The van der Waals surface area contributed by atoms with Gasteiger partial charge in [0.15, 0.2) is 11.5 Å². The molecule has 0 radical (unpaired) electrons. The van der Waals surface area contributed by atoms with Crippen LogP contribution in [0.1, 0.15) is 44.6 Å². The van der Waals surface area contributed by atoms with Crippen molar-refractivity contribution in [1.82, 2.24) is 5.32 Å². The minimum atomic E-state index is 0.478. The third-order valence-electron chi connectivity index (χ3n) is 4.44. The average molecular weight is 305 g/mol. The van der Waals surface area contributed by atoms with Crippen molar-refractivity contribution in [3.63, 3.8) is 0 Å². The van der Waals surface area contributed by atoms with Crippen LogP contribution in [0.5, 0.6) is 11.5 Å². The predicted molar refractivity (Wildman–Crippen MR) is 86.6 cm³/mol. The zero-order chi connectivity index (χ0) is 15.2. The van der Waals surface area contributed by atoms with Crippen molar-refractivity contribution in [1.29, 1.82) is 0 Å². The molecule has 122 valence electrons. The fourth-order valence-corrected chi connectivity index (χ4v) is 3.09. The second-order valence-corrected chi connectivity index (χ2v) is 6.29. The van der Waals surface area contributed by atoms with E-state index in [1.807, 2.05) is 12.1 Å². The summed E-state index contributed by atoms with van der Waals surface area (Å²) in [5, 5.41) is 3.60. The van der Waals surface area contributed by atoms with Crippen molar-refractivity contribution in [2.75, 3.05) is 19.8 Å². The zero-order valence-corrected chi connectivity index (χ0v) is 13.5. The fraction of sp³-hybridized carbons (Fsp3) is 0.667. The Morgan fingerprint density at radius 3 is 2.95 bits per heavy atom. The number of hydrogen-bond donors (Lipinski definition) is 1. The summed E-state index contributed by atoms with van der Waals surface area (Å²) in [5.41, 5.74) is 1.18. The molecule has 4 heteroatoms. The van der Waals surface area contributed by atoms with E-state index in [9.17, 15) is 0 Å². The van der Waals surface area contributed by atoms with E-state index in [-0.39, 0.29) is 0 Å². The molecule has 1 saturated heterocycles. The van der Waals surface area contributed by atoms with E-state index in [4.69, 9.17) is 14.2 Å².